The van der Waals surface area contributed by atoms with Crippen molar-refractivity contribution in [3.63, 3.8) is 0 Å². The second-order valence-corrected chi connectivity index (χ2v) is 4.70. The average Bonchev–Trinajstić information content (AvgIpc) is 2.85. The lowest BCUT2D eigenvalue weighted by Crippen LogP contribution is -2.12. The minimum atomic E-state index is 0.783. The molecule has 2 rings (SSSR count). The molecule has 0 unspecified atom stereocenters. The van der Waals surface area contributed by atoms with Gasteiger partial charge in [-0.2, -0.15) is 5.10 Å². The summed E-state index contributed by atoms with van der Waals surface area (Å²) >= 11 is 3.53. The summed E-state index contributed by atoms with van der Waals surface area (Å²) in [6.45, 7) is 3.80. The zero-order valence-electron chi connectivity index (χ0n) is 10.5. The Morgan fingerprint density at radius 3 is 2.94 bits per heavy atom. The molecule has 0 bridgehead atoms. The molecule has 0 aliphatic carbocycles. The first kappa shape index (κ1) is 13.1. The Kier molecular flexibility index (Phi) is 4.38. The molecule has 0 fully saturated rings. The Hall–Kier alpha value is -1.33. The molecule has 0 aliphatic heterocycles. The van der Waals surface area contributed by atoms with Gasteiger partial charge in [-0.1, -0.05) is 6.92 Å². The number of halogens is 1. The minimum absolute atomic E-state index is 0.783. The van der Waals surface area contributed by atoms with Crippen molar-refractivity contribution in [1.82, 2.24) is 15.1 Å². The maximum atomic E-state index is 5.23. The second-order valence-electron chi connectivity index (χ2n) is 3.85. The summed E-state index contributed by atoms with van der Waals surface area (Å²) in [5.41, 5.74) is 1.99. The van der Waals surface area contributed by atoms with Crippen LogP contribution in [0.1, 0.15) is 12.6 Å². The summed E-state index contributed by atoms with van der Waals surface area (Å²) in [6, 6.07) is 7.83. The quantitative estimate of drug-likeness (QED) is 0.923. The van der Waals surface area contributed by atoms with Gasteiger partial charge in [0, 0.05) is 23.3 Å². The van der Waals surface area contributed by atoms with Gasteiger partial charge in [-0.3, -0.25) is 0 Å². The molecule has 0 amide bonds. The van der Waals surface area contributed by atoms with E-state index in [1.807, 2.05) is 35.1 Å². The van der Waals surface area contributed by atoms with Crippen LogP contribution in [0.5, 0.6) is 5.75 Å². The van der Waals surface area contributed by atoms with E-state index in [1.54, 1.807) is 7.11 Å². The summed E-state index contributed by atoms with van der Waals surface area (Å²) in [5.74, 6) is 0.817. The lowest BCUT2D eigenvalue weighted by Gasteiger charge is -2.07. The van der Waals surface area contributed by atoms with Crippen LogP contribution in [0.2, 0.25) is 0 Å². The summed E-state index contributed by atoms with van der Waals surface area (Å²) in [5, 5.41) is 7.78. The van der Waals surface area contributed by atoms with Gasteiger partial charge in [-0.15, -0.1) is 0 Å². The van der Waals surface area contributed by atoms with Crippen molar-refractivity contribution in [3.05, 3.63) is 40.6 Å². The fourth-order valence-electron chi connectivity index (χ4n) is 1.64. The number of nitrogens with one attached hydrogen (secondary N) is 1. The summed E-state index contributed by atoms with van der Waals surface area (Å²) < 4.78 is 8.06. The second kappa shape index (κ2) is 6.02. The van der Waals surface area contributed by atoms with Crippen molar-refractivity contribution < 1.29 is 4.74 Å². The number of nitrogens with zero attached hydrogens (tertiary/aromatic N) is 2. The molecule has 2 aromatic rings. The van der Waals surface area contributed by atoms with Crippen LogP contribution in [0.15, 0.2) is 34.9 Å². The maximum Gasteiger partial charge on any atom is 0.121 e. The van der Waals surface area contributed by atoms with E-state index in [-0.39, 0.29) is 0 Å². The zero-order chi connectivity index (χ0) is 13.0. The molecule has 96 valence electrons. The van der Waals surface area contributed by atoms with Gasteiger partial charge >= 0.3 is 0 Å². The number of hydrogen-bond acceptors (Lipinski definition) is 3. The molecular formula is C13H16BrN3O. The number of ether oxygens (including phenoxy) is 1. The van der Waals surface area contributed by atoms with Crippen molar-refractivity contribution in [2.24, 2.45) is 0 Å². The number of methoxy groups -OCH3 is 1. The zero-order valence-corrected chi connectivity index (χ0v) is 12.1. The predicted octanol–water partition coefficient (Wildman–Crippen LogP) is 2.75. The first-order valence-corrected chi connectivity index (χ1v) is 6.63. The van der Waals surface area contributed by atoms with E-state index in [4.69, 9.17) is 4.74 Å². The Bertz CT molecular complexity index is 525. The summed E-state index contributed by atoms with van der Waals surface area (Å²) in [7, 11) is 1.66. The molecule has 1 N–H and O–H groups in total. The molecule has 0 saturated heterocycles. The molecular weight excluding hydrogens is 294 g/mol. The van der Waals surface area contributed by atoms with Crippen molar-refractivity contribution >= 4 is 15.9 Å². The minimum Gasteiger partial charge on any atom is -0.497 e. The lowest BCUT2D eigenvalue weighted by molar-refractivity contribution is 0.414. The monoisotopic (exact) mass is 309 g/mol. The third-order valence-corrected chi connectivity index (χ3v) is 3.27. The smallest absolute Gasteiger partial charge is 0.121 e. The third kappa shape index (κ3) is 2.91. The lowest BCUT2D eigenvalue weighted by atomic mass is 10.3. The molecule has 0 spiro atoms. The summed E-state index contributed by atoms with van der Waals surface area (Å²) in [6.07, 6.45) is 1.95. The van der Waals surface area contributed by atoms with E-state index in [0.29, 0.717) is 0 Å². The Morgan fingerprint density at radius 1 is 1.39 bits per heavy atom. The molecule has 1 aromatic carbocycles. The van der Waals surface area contributed by atoms with Crippen LogP contribution in [0.3, 0.4) is 0 Å². The molecule has 0 saturated carbocycles. The highest BCUT2D eigenvalue weighted by Crippen LogP contribution is 2.25. The third-order valence-electron chi connectivity index (χ3n) is 2.60. The van der Waals surface area contributed by atoms with E-state index in [2.05, 4.69) is 33.3 Å². The SMILES string of the molecule is CCNCc1ccn(-c2cc(OC)ccc2Br)n1. The largest absolute Gasteiger partial charge is 0.497 e. The number of rotatable bonds is 5. The van der Waals surface area contributed by atoms with Gasteiger partial charge in [0.2, 0.25) is 0 Å². The fourth-order valence-corrected chi connectivity index (χ4v) is 2.07. The van der Waals surface area contributed by atoms with E-state index in [0.717, 1.165) is 34.7 Å². The van der Waals surface area contributed by atoms with Gasteiger partial charge in [0.15, 0.2) is 0 Å². The summed E-state index contributed by atoms with van der Waals surface area (Å²) in [4.78, 5) is 0. The standard InChI is InChI=1S/C13H16BrN3O/c1-3-15-9-10-6-7-17(16-10)13-8-11(18-2)4-5-12(13)14/h4-8,15H,3,9H2,1-2H3. The van der Waals surface area contributed by atoms with E-state index >= 15 is 0 Å². The van der Waals surface area contributed by atoms with Gasteiger partial charge < -0.3 is 10.1 Å². The predicted molar refractivity (Wildman–Crippen MR) is 75.2 cm³/mol. The highest BCUT2D eigenvalue weighted by molar-refractivity contribution is 9.10. The molecule has 18 heavy (non-hydrogen) atoms. The van der Waals surface area contributed by atoms with Gasteiger partial charge in [0.05, 0.1) is 18.5 Å². The van der Waals surface area contributed by atoms with Gasteiger partial charge in [0.1, 0.15) is 5.75 Å². The van der Waals surface area contributed by atoms with Crippen molar-refractivity contribution in [3.8, 4) is 11.4 Å². The van der Waals surface area contributed by atoms with Crippen LogP contribution in [0.25, 0.3) is 5.69 Å². The van der Waals surface area contributed by atoms with Crippen molar-refractivity contribution in [1.29, 1.82) is 0 Å². The van der Waals surface area contributed by atoms with Crippen molar-refractivity contribution in [2.75, 3.05) is 13.7 Å². The Labute approximate surface area is 115 Å². The average molecular weight is 310 g/mol. The molecule has 5 heteroatoms. The van der Waals surface area contributed by atoms with Crippen LogP contribution < -0.4 is 10.1 Å². The van der Waals surface area contributed by atoms with Crippen LogP contribution in [0, 0.1) is 0 Å². The number of hydrogen-bond donors (Lipinski definition) is 1. The fraction of sp³-hybridized carbons (Fsp3) is 0.308. The molecule has 0 aliphatic rings. The number of benzene rings is 1. The highest BCUT2D eigenvalue weighted by Gasteiger charge is 2.06. The number of aromatic nitrogens is 2. The van der Waals surface area contributed by atoms with Crippen molar-refractivity contribution in [2.45, 2.75) is 13.5 Å². The first-order valence-electron chi connectivity index (χ1n) is 5.83. The topological polar surface area (TPSA) is 39.1 Å². The van der Waals surface area contributed by atoms with E-state index in [9.17, 15) is 0 Å². The molecule has 0 atom stereocenters. The maximum absolute atomic E-state index is 5.23. The normalized spacial score (nSPS) is 10.6. The Morgan fingerprint density at radius 2 is 2.22 bits per heavy atom. The molecule has 0 radical (unpaired) electrons. The van der Waals surface area contributed by atoms with Gasteiger partial charge in [0.25, 0.3) is 0 Å². The van der Waals surface area contributed by atoms with Gasteiger partial charge in [-0.05, 0) is 40.7 Å². The van der Waals surface area contributed by atoms with Gasteiger partial charge in [-0.25, -0.2) is 4.68 Å². The van der Waals surface area contributed by atoms with Crippen LogP contribution >= 0.6 is 15.9 Å². The highest BCUT2D eigenvalue weighted by atomic mass is 79.9. The Balaban J connectivity index is 2.27. The van der Waals surface area contributed by atoms with E-state index < -0.39 is 0 Å². The first-order chi connectivity index (χ1) is 8.74. The van der Waals surface area contributed by atoms with E-state index in [1.165, 1.54) is 0 Å². The van der Waals surface area contributed by atoms with Crippen LogP contribution in [-0.2, 0) is 6.54 Å². The molecule has 1 aromatic heterocycles. The van der Waals surface area contributed by atoms with Crippen LogP contribution in [0.4, 0.5) is 0 Å². The van der Waals surface area contributed by atoms with Crippen LogP contribution in [-0.4, -0.2) is 23.4 Å². The molecule has 4 nitrogen and oxygen atoms in total. The molecule has 1 heterocycles.